The summed E-state index contributed by atoms with van der Waals surface area (Å²) in [4.78, 5) is 13.3. The van der Waals surface area contributed by atoms with Gasteiger partial charge in [0.05, 0.1) is 12.0 Å². The Morgan fingerprint density at radius 3 is 2.29 bits per heavy atom. The van der Waals surface area contributed by atoms with Crippen LogP contribution in [0.4, 0.5) is 5.69 Å². The molecule has 0 bridgehead atoms. The van der Waals surface area contributed by atoms with Crippen molar-refractivity contribution in [2.45, 2.75) is 39.1 Å². The van der Waals surface area contributed by atoms with E-state index >= 15 is 0 Å². The first kappa shape index (κ1) is 28.6. The first-order valence-electron chi connectivity index (χ1n) is 12.6. The highest BCUT2D eigenvalue weighted by Crippen LogP contribution is 2.33. The number of carbonyl (C=O) groups is 1. The molecular weight excluding hydrogens is 581 g/mol. The standard InChI is InChI=1S/C30H28N2O6S3/c1-30(2)19-21-11-14-23(38-3)17-25(21)26(31-30)18-27(33)20-9-12-22(13-10-20)32-41(36,37)29-16-15-28(39-29)40(34,35)24-7-5-4-6-8-24/h4-18,31-32H,19H2,1-3H3/b26-18-. The molecule has 212 valence electrons. The van der Waals surface area contributed by atoms with E-state index in [1.54, 1.807) is 31.4 Å². The minimum absolute atomic E-state index is 0.0725. The molecule has 2 heterocycles. The van der Waals surface area contributed by atoms with Crippen molar-refractivity contribution >= 4 is 48.4 Å². The Balaban J connectivity index is 1.34. The van der Waals surface area contributed by atoms with Gasteiger partial charge in [0.25, 0.3) is 10.0 Å². The molecule has 5 rings (SSSR count). The lowest BCUT2D eigenvalue weighted by Crippen LogP contribution is -2.43. The van der Waals surface area contributed by atoms with Crippen molar-refractivity contribution in [1.29, 1.82) is 0 Å². The van der Waals surface area contributed by atoms with Crippen molar-refractivity contribution in [3.8, 4) is 5.75 Å². The van der Waals surface area contributed by atoms with Gasteiger partial charge in [-0.2, -0.15) is 0 Å². The number of hydrogen-bond donors (Lipinski definition) is 2. The lowest BCUT2D eigenvalue weighted by atomic mass is 9.85. The molecule has 8 nitrogen and oxygen atoms in total. The summed E-state index contributed by atoms with van der Waals surface area (Å²) in [6, 6.07) is 22.2. The van der Waals surface area contributed by atoms with Gasteiger partial charge in [-0.25, -0.2) is 16.8 Å². The maximum absolute atomic E-state index is 13.2. The van der Waals surface area contributed by atoms with E-state index in [1.807, 2.05) is 18.2 Å². The van der Waals surface area contributed by atoms with E-state index in [-0.39, 0.29) is 30.3 Å². The number of rotatable bonds is 8. The summed E-state index contributed by atoms with van der Waals surface area (Å²) in [5, 5.41) is 3.44. The van der Waals surface area contributed by atoms with Crippen LogP contribution in [-0.4, -0.2) is 35.3 Å². The molecule has 0 aliphatic carbocycles. The first-order chi connectivity index (χ1) is 19.4. The fraction of sp³-hybridized carbons (Fsp3) is 0.167. The Morgan fingerprint density at radius 1 is 0.927 bits per heavy atom. The molecule has 0 amide bonds. The number of anilines is 1. The molecular formula is C30H28N2O6S3. The minimum Gasteiger partial charge on any atom is -0.497 e. The highest BCUT2D eigenvalue weighted by Gasteiger charge is 2.29. The average Bonchev–Trinajstić information content (AvgIpc) is 3.46. The van der Waals surface area contributed by atoms with Crippen LogP contribution in [0.3, 0.4) is 0 Å². The van der Waals surface area contributed by atoms with Crippen LogP contribution in [-0.2, 0) is 26.3 Å². The Kier molecular flexibility index (Phi) is 7.54. The van der Waals surface area contributed by atoms with Gasteiger partial charge in [0.2, 0.25) is 9.84 Å². The van der Waals surface area contributed by atoms with Crippen molar-refractivity contribution < 1.29 is 26.4 Å². The number of methoxy groups -OCH3 is 1. The molecule has 1 aliphatic heterocycles. The molecule has 41 heavy (non-hydrogen) atoms. The third-order valence-corrected chi connectivity index (χ3v) is 11.8. The monoisotopic (exact) mass is 608 g/mol. The minimum atomic E-state index is -4.06. The Morgan fingerprint density at radius 2 is 1.61 bits per heavy atom. The van der Waals surface area contributed by atoms with Crippen molar-refractivity contribution in [2.75, 3.05) is 11.8 Å². The summed E-state index contributed by atoms with van der Waals surface area (Å²) < 4.78 is 59.3. The fourth-order valence-corrected chi connectivity index (χ4v) is 8.83. The van der Waals surface area contributed by atoms with Gasteiger partial charge in [-0.05, 0) is 86.5 Å². The molecule has 2 N–H and O–H groups in total. The third-order valence-electron chi connectivity index (χ3n) is 6.55. The molecule has 1 aromatic heterocycles. The number of carbonyl (C=O) groups excluding carboxylic acids is 1. The second-order valence-electron chi connectivity index (χ2n) is 10.2. The predicted octanol–water partition coefficient (Wildman–Crippen LogP) is 5.54. The zero-order chi connectivity index (χ0) is 29.4. The zero-order valence-corrected chi connectivity index (χ0v) is 25.0. The number of ketones is 1. The molecule has 0 unspecified atom stereocenters. The van der Waals surface area contributed by atoms with Crippen LogP contribution in [0.5, 0.6) is 5.75 Å². The van der Waals surface area contributed by atoms with Crippen LogP contribution in [0.15, 0.2) is 104 Å². The number of ether oxygens (including phenoxy) is 1. The number of hydrogen-bond acceptors (Lipinski definition) is 8. The van der Waals surface area contributed by atoms with Crippen LogP contribution in [0.25, 0.3) is 5.70 Å². The summed E-state index contributed by atoms with van der Waals surface area (Å²) in [5.41, 5.74) is 3.05. The predicted molar refractivity (Wildman–Crippen MR) is 160 cm³/mol. The second kappa shape index (κ2) is 10.8. The third kappa shape index (κ3) is 6.07. The van der Waals surface area contributed by atoms with E-state index in [0.717, 1.165) is 17.5 Å². The van der Waals surface area contributed by atoms with Crippen LogP contribution >= 0.6 is 11.3 Å². The Hall–Kier alpha value is -3.93. The lowest BCUT2D eigenvalue weighted by Gasteiger charge is -2.35. The zero-order valence-electron chi connectivity index (χ0n) is 22.5. The molecule has 0 fully saturated rings. The summed E-state index contributed by atoms with van der Waals surface area (Å²) in [7, 11) is -6.30. The van der Waals surface area contributed by atoms with Gasteiger partial charge < -0.3 is 10.1 Å². The topological polar surface area (TPSA) is 119 Å². The van der Waals surface area contributed by atoms with Gasteiger partial charge in [-0.15, -0.1) is 11.3 Å². The van der Waals surface area contributed by atoms with Crippen molar-refractivity contribution in [3.05, 3.63) is 108 Å². The highest BCUT2D eigenvalue weighted by molar-refractivity contribution is 7.96. The van der Waals surface area contributed by atoms with E-state index in [9.17, 15) is 21.6 Å². The van der Waals surface area contributed by atoms with Gasteiger partial charge in [0.15, 0.2) is 5.78 Å². The summed E-state index contributed by atoms with van der Waals surface area (Å²) in [6.07, 6.45) is 2.33. The van der Waals surface area contributed by atoms with Crippen LogP contribution < -0.4 is 14.8 Å². The van der Waals surface area contributed by atoms with E-state index in [0.29, 0.717) is 28.3 Å². The van der Waals surface area contributed by atoms with E-state index in [1.165, 1.54) is 48.5 Å². The Bertz CT molecular complexity index is 1860. The number of thiophene rings is 1. The molecule has 3 aromatic carbocycles. The molecule has 4 aromatic rings. The fourth-order valence-electron chi connectivity index (χ4n) is 4.58. The molecule has 11 heteroatoms. The second-order valence-corrected chi connectivity index (χ2v) is 15.4. The molecule has 0 saturated heterocycles. The quantitative estimate of drug-likeness (QED) is 0.199. The SMILES string of the molecule is COc1ccc2c(c1)/C(=C/C(=O)c1ccc(NS(=O)(=O)c3ccc(S(=O)(=O)c4ccccc4)s3)cc1)NC(C)(C)C2. The van der Waals surface area contributed by atoms with E-state index in [4.69, 9.17) is 4.74 Å². The number of fused-ring (bicyclic) bond motifs is 1. The van der Waals surface area contributed by atoms with E-state index in [2.05, 4.69) is 23.9 Å². The summed E-state index contributed by atoms with van der Waals surface area (Å²) in [6.45, 7) is 4.13. The number of sulfone groups is 1. The van der Waals surface area contributed by atoms with Gasteiger partial charge in [0, 0.05) is 34.1 Å². The smallest absolute Gasteiger partial charge is 0.271 e. The lowest BCUT2D eigenvalue weighted by molar-refractivity contribution is 0.104. The average molecular weight is 609 g/mol. The van der Waals surface area contributed by atoms with Crippen LogP contribution in [0, 0.1) is 0 Å². The van der Waals surface area contributed by atoms with Crippen molar-refractivity contribution in [2.24, 2.45) is 0 Å². The van der Waals surface area contributed by atoms with Gasteiger partial charge >= 0.3 is 0 Å². The number of benzene rings is 3. The van der Waals surface area contributed by atoms with Gasteiger partial charge in [-0.3, -0.25) is 9.52 Å². The number of allylic oxidation sites excluding steroid dienone is 1. The normalized spacial score (nSPS) is 15.5. The molecule has 0 radical (unpaired) electrons. The van der Waals surface area contributed by atoms with Gasteiger partial charge in [-0.1, -0.05) is 24.3 Å². The van der Waals surface area contributed by atoms with Crippen molar-refractivity contribution in [1.82, 2.24) is 5.32 Å². The Labute approximate surface area is 243 Å². The van der Waals surface area contributed by atoms with Gasteiger partial charge in [0.1, 0.15) is 14.2 Å². The maximum atomic E-state index is 13.2. The molecule has 0 spiro atoms. The largest absolute Gasteiger partial charge is 0.497 e. The molecule has 0 saturated carbocycles. The van der Waals surface area contributed by atoms with Crippen LogP contribution in [0.2, 0.25) is 0 Å². The highest BCUT2D eigenvalue weighted by atomic mass is 32.3. The first-order valence-corrected chi connectivity index (χ1v) is 16.4. The van der Waals surface area contributed by atoms with Crippen LogP contribution in [0.1, 0.15) is 35.3 Å². The number of sulfonamides is 1. The molecule has 1 aliphatic rings. The van der Waals surface area contributed by atoms with Crippen molar-refractivity contribution in [3.63, 3.8) is 0 Å². The number of nitrogens with one attached hydrogen (secondary N) is 2. The van der Waals surface area contributed by atoms with E-state index < -0.39 is 19.9 Å². The summed E-state index contributed by atoms with van der Waals surface area (Å²) >= 11 is 0.669. The summed E-state index contributed by atoms with van der Waals surface area (Å²) in [5.74, 6) is 0.443. The molecule has 0 atom stereocenters. The maximum Gasteiger partial charge on any atom is 0.271 e.